The summed E-state index contributed by atoms with van der Waals surface area (Å²) < 4.78 is 5.21. The summed E-state index contributed by atoms with van der Waals surface area (Å²) in [5.41, 5.74) is 0.271. The molecule has 0 saturated carbocycles. The van der Waals surface area contributed by atoms with E-state index in [-0.39, 0.29) is 0 Å². The molecule has 0 atom stereocenters. The van der Waals surface area contributed by atoms with Crippen LogP contribution >= 0.6 is 11.3 Å². The van der Waals surface area contributed by atoms with Crippen LogP contribution in [-0.2, 0) is 17.8 Å². The number of H-pyrrole nitrogens is 1. The molecule has 0 aliphatic rings. The van der Waals surface area contributed by atoms with E-state index in [0.717, 1.165) is 10.4 Å². The lowest BCUT2D eigenvalue weighted by Crippen LogP contribution is -2.27. The first-order valence-corrected chi connectivity index (χ1v) is 7.91. The summed E-state index contributed by atoms with van der Waals surface area (Å²) in [5.74, 6) is 0.510. The predicted molar refractivity (Wildman–Crippen MR) is 88.0 cm³/mol. The Morgan fingerprint density at radius 1 is 1.43 bits per heavy atom. The van der Waals surface area contributed by atoms with E-state index >= 15 is 0 Å². The van der Waals surface area contributed by atoms with E-state index in [0.29, 0.717) is 23.8 Å². The van der Waals surface area contributed by atoms with Crippen molar-refractivity contribution in [1.29, 1.82) is 5.26 Å². The van der Waals surface area contributed by atoms with Gasteiger partial charge in [-0.15, -0.1) is 11.3 Å². The number of carbonyl (C=O) groups excluding carboxylic acids is 1. The first-order valence-electron chi connectivity index (χ1n) is 7.09. The third kappa shape index (κ3) is 5.39. The number of carbonyl (C=O) groups is 1. The van der Waals surface area contributed by atoms with Crippen molar-refractivity contribution in [3.05, 3.63) is 33.6 Å². The maximum Gasteiger partial charge on any atom is 0.413 e. The molecule has 2 aromatic rings. The van der Waals surface area contributed by atoms with E-state index in [1.165, 1.54) is 11.3 Å². The third-order valence-electron chi connectivity index (χ3n) is 2.73. The first kappa shape index (κ1) is 17.0. The maximum atomic E-state index is 11.8. The van der Waals surface area contributed by atoms with E-state index in [4.69, 9.17) is 10.00 Å². The molecule has 2 heterocycles. The van der Waals surface area contributed by atoms with E-state index in [1.54, 1.807) is 33.0 Å². The van der Waals surface area contributed by atoms with Crippen LogP contribution in [0, 0.1) is 11.3 Å². The van der Waals surface area contributed by atoms with Crippen molar-refractivity contribution >= 4 is 23.2 Å². The highest BCUT2D eigenvalue weighted by atomic mass is 32.1. The van der Waals surface area contributed by atoms with Crippen LogP contribution in [0.2, 0.25) is 0 Å². The molecule has 0 spiro atoms. The summed E-state index contributed by atoms with van der Waals surface area (Å²) in [7, 11) is 0. The van der Waals surface area contributed by atoms with Gasteiger partial charge >= 0.3 is 6.09 Å². The van der Waals surface area contributed by atoms with Gasteiger partial charge in [0.05, 0.1) is 6.20 Å². The lowest BCUT2D eigenvalue weighted by Gasteiger charge is -2.19. The predicted octanol–water partition coefficient (Wildman–Crippen LogP) is 2.98. The molecule has 8 heteroatoms. The van der Waals surface area contributed by atoms with Crippen molar-refractivity contribution in [2.24, 2.45) is 0 Å². The van der Waals surface area contributed by atoms with Crippen LogP contribution in [0.25, 0.3) is 0 Å². The zero-order chi connectivity index (χ0) is 16.9. The lowest BCUT2D eigenvalue weighted by atomic mass is 10.2. The Morgan fingerprint density at radius 3 is 2.87 bits per heavy atom. The van der Waals surface area contributed by atoms with E-state index in [2.05, 4.69) is 26.9 Å². The Morgan fingerprint density at radius 2 is 2.22 bits per heavy atom. The summed E-state index contributed by atoms with van der Waals surface area (Å²) in [5, 5.41) is 21.4. The van der Waals surface area contributed by atoms with Gasteiger partial charge in [0.25, 0.3) is 0 Å². The highest BCUT2D eigenvalue weighted by Crippen LogP contribution is 2.16. The molecule has 122 valence electrons. The molecule has 1 amide bonds. The van der Waals surface area contributed by atoms with Gasteiger partial charge in [0.2, 0.25) is 0 Å². The number of hydrogen-bond donors (Lipinski definition) is 3. The standard InChI is InChI=1S/C15H19N5O2S/c1-15(2,3)22-14(21)19-13-10(8-18-20-13)7-17-9-12-5-4-11(6-16)23-12/h4-5,8,17H,7,9H2,1-3H3,(H2,18,19,20,21). The van der Waals surface area contributed by atoms with Crippen LogP contribution in [0.4, 0.5) is 10.6 Å². The topological polar surface area (TPSA) is 103 Å². The van der Waals surface area contributed by atoms with Crippen LogP contribution in [0.5, 0.6) is 0 Å². The highest BCUT2D eigenvalue weighted by molar-refractivity contribution is 7.12. The van der Waals surface area contributed by atoms with Crippen molar-refractivity contribution < 1.29 is 9.53 Å². The van der Waals surface area contributed by atoms with Crippen molar-refractivity contribution in [1.82, 2.24) is 15.5 Å². The molecule has 2 rings (SSSR count). The minimum absolute atomic E-state index is 0.510. The SMILES string of the molecule is CC(C)(C)OC(=O)Nc1[nH]ncc1CNCc1ccc(C#N)s1. The minimum Gasteiger partial charge on any atom is -0.444 e. The van der Waals surface area contributed by atoms with E-state index in [1.807, 2.05) is 6.07 Å². The molecule has 2 aromatic heterocycles. The number of nitrogens with one attached hydrogen (secondary N) is 3. The van der Waals surface area contributed by atoms with E-state index < -0.39 is 11.7 Å². The molecular weight excluding hydrogens is 314 g/mol. The van der Waals surface area contributed by atoms with Gasteiger partial charge in [-0.2, -0.15) is 10.4 Å². The van der Waals surface area contributed by atoms with Gasteiger partial charge in [-0.3, -0.25) is 10.4 Å². The zero-order valence-corrected chi connectivity index (χ0v) is 14.1. The van der Waals surface area contributed by atoms with E-state index in [9.17, 15) is 4.79 Å². The summed E-state index contributed by atoms with van der Waals surface area (Å²) in [6, 6.07) is 5.84. The normalized spacial score (nSPS) is 11.0. The fourth-order valence-electron chi connectivity index (χ4n) is 1.81. The van der Waals surface area contributed by atoms with Crippen molar-refractivity contribution in [2.75, 3.05) is 5.32 Å². The number of amides is 1. The molecule has 3 N–H and O–H groups in total. The molecule has 0 unspecified atom stereocenters. The van der Waals surface area contributed by atoms with Crippen LogP contribution in [0.1, 0.15) is 36.1 Å². The van der Waals surface area contributed by atoms with Gasteiger partial charge in [-0.1, -0.05) is 0 Å². The first-order chi connectivity index (χ1) is 10.9. The fourth-order valence-corrected chi connectivity index (χ4v) is 2.59. The molecule has 0 saturated heterocycles. The Kier molecular flexibility index (Phi) is 5.36. The molecule has 0 aromatic carbocycles. The Bertz CT molecular complexity index is 708. The van der Waals surface area contributed by atoms with Gasteiger partial charge in [0.1, 0.15) is 22.4 Å². The van der Waals surface area contributed by atoms with Crippen LogP contribution in [-0.4, -0.2) is 21.9 Å². The Labute approximate surface area is 138 Å². The quantitative estimate of drug-likeness (QED) is 0.780. The average molecular weight is 333 g/mol. The Balaban J connectivity index is 1.86. The Hall–Kier alpha value is -2.37. The number of aromatic nitrogens is 2. The lowest BCUT2D eigenvalue weighted by molar-refractivity contribution is 0.0635. The van der Waals surface area contributed by atoms with Gasteiger partial charge in [-0.05, 0) is 32.9 Å². The second-order valence-electron chi connectivity index (χ2n) is 5.88. The number of hydrogen-bond acceptors (Lipinski definition) is 6. The van der Waals surface area contributed by atoms with Crippen LogP contribution in [0.3, 0.4) is 0 Å². The summed E-state index contributed by atoms with van der Waals surface area (Å²) in [4.78, 5) is 13.5. The number of rotatable bonds is 5. The summed E-state index contributed by atoms with van der Waals surface area (Å²) >= 11 is 1.45. The zero-order valence-electron chi connectivity index (χ0n) is 13.3. The molecule has 0 aliphatic carbocycles. The average Bonchev–Trinajstić information content (AvgIpc) is 3.06. The van der Waals surface area contributed by atoms with Crippen LogP contribution < -0.4 is 10.6 Å². The smallest absolute Gasteiger partial charge is 0.413 e. The third-order valence-corrected chi connectivity index (χ3v) is 3.72. The number of ether oxygens (including phenoxy) is 1. The minimum atomic E-state index is -0.555. The van der Waals surface area contributed by atoms with Crippen LogP contribution in [0.15, 0.2) is 18.3 Å². The van der Waals surface area contributed by atoms with Crippen molar-refractivity contribution in [2.45, 2.75) is 39.5 Å². The van der Waals surface area contributed by atoms with Crippen molar-refractivity contribution in [3.8, 4) is 6.07 Å². The summed E-state index contributed by atoms with van der Waals surface area (Å²) in [6.07, 6.45) is 1.12. The molecule has 0 bridgehead atoms. The monoisotopic (exact) mass is 333 g/mol. The molecule has 7 nitrogen and oxygen atoms in total. The molecule has 23 heavy (non-hydrogen) atoms. The van der Waals surface area contributed by atoms with Gasteiger partial charge in [0.15, 0.2) is 0 Å². The number of anilines is 1. The van der Waals surface area contributed by atoms with Crippen molar-refractivity contribution in [3.63, 3.8) is 0 Å². The highest BCUT2D eigenvalue weighted by Gasteiger charge is 2.17. The second kappa shape index (κ2) is 7.26. The number of thiophene rings is 1. The number of nitrogens with zero attached hydrogens (tertiary/aromatic N) is 2. The number of aromatic amines is 1. The molecular formula is C15H19N5O2S. The largest absolute Gasteiger partial charge is 0.444 e. The van der Waals surface area contributed by atoms with Gasteiger partial charge < -0.3 is 10.1 Å². The molecule has 0 aliphatic heterocycles. The maximum absolute atomic E-state index is 11.8. The second-order valence-corrected chi connectivity index (χ2v) is 7.05. The molecule has 0 radical (unpaired) electrons. The summed E-state index contributed by atoms with van der Waals surface area (Å²) in [6.45, 7) is 6.58. The molecule has 0 fully saturated rings. The number of nitriles is 1. The van der Waals surface area contributed by atoms with Gasteiger partial charge in [-0.25, -0.2) is 4.79 Å². The fraction of sp³-hybridized carbons (Fsp3) is 0.400. The van der Waals surface area contributed by atoms with Gasteiger partial charge in [0, 0.05) is 23.5 Å².